The van der Waals surface area contributed by atoms with Gasteiger partial charge in [0.15, 0.2) is 5.82 Å². The number of hydrogen-bond donors (Lipinski definition) is 1. The highest BCUT2D eigenvalue weighted by Gasteiger charge is 2.41. The molecule has 3 heterocycles. The van der Waals surface area contributed by atoms with E-state index in [0.717, 1.165) is 24.5 Å². The third kappa shape index (κ3) is 4.45. The molecule has 5 rings (SSSR count). The van der Waals surface area contributed by atoms with Crippen LogP contribution in [0.4, 0.5) is 33.2 Å². The first kappa shape index (κ1) is 24.0. The molecule has 36 heavy (non-hydrogen) atoms. The van der Waals surface area contributed by atoms with Crippen LogP contribution in [0.2, 0.25) is 5.02 Å². The first-order valence-electron chi connectivity index (χ1n) is 11.5. The van der Waals surface area contributed by atoms with Gasteiger partial charge in [0.1, 0.15) is 17.1 Å². The summed E-state index contributed by atoms with van der Waals surface area (Å²) in [6.07, 6.45) is 1.45. The molecule has 11 heteroatoms. The lowest BCUT2D eigenvalue weighted by atomic mass is 10.1. The van der Waals surface area contributed by atoms with Gasteiger partial charge in [-0.25, -0.2) is 14.3 Å². The molecule has 186 valence electrons. The van der Waals surface area contributed by atoms with Crippen LogP contribution in [0.25, 0.3) is 0 Å². The third-order valence-electron chi connectivity index (χ3n) is 6.08. The number of nitrogens with zero attached hydrogens (tertiary/aromatic N) is 7. The largest absolute Gasteiger partial charge is 0.373 e. The van der Waals surface area contributed by atoms with Crippen molar-refractivity contribution >= 4 is 52.3 Å². The van der Waals surface area contributed by atoms with Crippen molar-refractivity contribution in [3.63, 3.8) is 0 Å². The molecule has 1 amide bonds. The Labute approximate surface area is 213 Å². The molecule has 0 aliphatic carbocycles. The van der Waals surface area contributed by atoms with Gasteiger partial charge in [-0.2, -0.15) is 4.98 Å². The monoisotopic (exact) mass is 508 g/mol. The van der Waals surface area contributed by atoms with Gasteiger partial charge in [0.2, 0.25) is 11.9 Å². The highest BCUT2D eigenvalue weighted by Crippen LogP contribution is 2.37. The molecule has 3 aromatic rings. The molecular weight excluding hydrogens is 483 g/mol. The maximum Gasteiger partial charge on any atom is 0.270 e. The van der Waals surface area contributed by atoms with Gasteiger partial charge in [-0.3, -0.25) is 14.7 Å². The molecule has 0 saturated carbocycles. The summed E-state index contributed by atoms with van der Waals surface area (Å²) in [7, 11) is 6.16. The van der Waals surface area contributed by atoms with Gasteiger partial charge in [0.25, 0.3) is 5.91 Å². The van der Waals surface area contributed by atoms with Crippen LogP contribution in [0.3, 0.4) is 0 Å². The quantitative estimate of drug-likeness (QED) is 0.519. The Morgan fingerprint density at radius 1 is 1.11 bits per heavy atom. The number of aromatic nitrogens is 2. The number of para-hydroxylation sites is 1. The van der Waals surface area contributed by atoms with Crippen LogP contribution in [-0.2, 0) is 0 Å². The number of hydrogen-bond acceptors (Lipinski definition) is 8. The van der Waals surface area contributed by atoms with Crippen molar-refractivity contribution in [3.8, 4) is 0 Å². The van der Waals surface area contributed by atoms with Crippen LogP contribution in [0.1, 0.15) is 10.4 Å². The van der Waals surface area contributed by atoms with Crippen molar-refractivity contribution in [2.24, 2.45) is 4.99 Å². The van der Waals surface area contributed by atoms with Gasteiger partial charge in [0.05, 0.1) is 11.6 Å². The summed E-state index contributed by atoms with van der Waals surface area (Å²) in [4.78, 5) is 34.1. The molecule has 0 spiro atoms. The average Bonchev–Trinajstić information content (AvgIpc) is 3.34. The number of halogens is 2. The van der Waals surface area contributed by atoms with Crippen LogP contribution >= 0.6 is 11.6 Å². The first-order chi connectivity index (χ1) is 17.3. The van der Waals surface area contributed by atoms with Gasteiger partial charge in [-0.05, 0) is 50.5 Å². The molecule has 0 saturated heterocycles. The minimum atomic E-state index is -0.608. The van der Waals surface area contributed by atoms with Crippen LogP contribution in [0.15, 0.2) is 53.7 Å². The summed E-state index contributed by atoms with van der Waals surface area (Å²) < 4.78 is 14.7. The third-order valence-corrected chi connectivity index (χ3v) is 6.39. The van der Waals surface area contributed by atoms with E-state index >= 15 is 0 Å². The van der Waals surface area contributed by atoms with Crippen LogP contribution < -0.4 is 20.0 Å². The van der Waals surface area contributed by atoms with Gasteiger partial charge in [0, 0.05) is 44.3 Å². The highest BCUT2D eigenvalue weighted by atomic mass is 35.5. The number of aliphatic imine (C=N–C) groups is 1. The Morgan fingerprint density at radius 2 is 1.89 bits per heavy atom. The molecule has 0 unspecified atom stereocenters. The summed E-state index contributed by atoms with van der Waals surface area (Å²) in [6.45, 7) is 2.82. The molecule has 1 aromatic heterocycles. The zero-order valence-electron chi connectivity index (χ0n) is 20.2. The number of carbonyl (C=O) groups is 1. The Balaban J connectivity index is 1.40. The molecule has 0 fully saturated rings. The van der Waals surface area contributed by atoms with Gasteiger partial charge in [-0.1, -0.05) is 17.7 Å². The van der Waals surface area contributed by atoms with Crippen molar-refractivity contribution in [3.05, 3.63) is 65.1 Å². The number of fused-ring (bicyclic) bond motifs is 3. The number of amides is 1. The zero-order valence-corrected chi connectivity index (χ0v) is 21.0. The lowest BCUT2D eigenvalue weighted by Crippen LogP contribution is -2.51. The van der Waals surface area contributed by atoms with Crippen molar-refractivity contribution in [1.82, 2.24) is 14.9 Å². The van der Waals surface area contributed by atoms with E-state index in [0.29, 0.717) is 30.8 Å². The van der Waals surface area contributed by atoms with E-state index < -0.39 is 11.7 Å². The maximum atomic E-state index is 14.7. The minimum absolute atomic E-state index is 0.0293. The van der Waals surface area contributed by atoms with Crippen molar-refractivity contribution < 1.29 is 9.18 Å². The van der Waals surface area contributed by atoms with E-state index in [1.54, 1.807) is 4.90 Å². The number of anilines is 5. The molecule has 2 aliphatic rings. The summed E-state index contributed by atoms with van der Waals surface area (Å²) in [5.74, 6) is -0.0138. The number of guanidine groups is 1. The molecule has 2 aromatic carbocycles. The summed E-state index contributed by atoms with van der Waals surface area (Å²) >= 11 is 6.27. The number of carbonyl (C=O) groups excluding carboxylic acids is 1. The minimum Gasteiger partial charge on any atom is -0.373 e. The molecule has 2 aliphatic heterocycles. The lowest BCUT2D eigenvalue weighted by Gasteiger charge is -2.35. The Bertz CT molecular complexity index is 1310. The van der Waals surface area contributed by atoms with Crippen molar-refractivity contribution in [1.29, 1.82) is 0 Å². The van der Waals surface area contributed by atoms with Gasteiger partial charge >= 0.3 is 0 Å². The van der Waals surface area contributed by atoms with Crippen molar-refractivity contribution in [2.45, 2.75) is 0 Å². The molecular formula is C25H26ClFN8O. The Morgan fingerprint density at radius 3 is 2.61 bits per heavy atom. The Kier molecular flexibility index (Phi) is 6.46. The second-order valence-electron chi connectivity index (χ2n) is 8.87. The second kappa shape index (κ2) is 9.71. The fraction of sp³-hybridized carbons (Fsp3) is 0.280. The lowest BCUT2D eigenvalue weighted by molar-refractivity contribution is 0.0999. The van der Waals surface area contributed by atoms with Crippen LogP contribution in [0.5, 0.6) is 0 Å². The first-order valence-corrected chi connectivity index (χ1v) is 11.9. The topological polar surface area (TPSA) is 80.2 Å². The fourth-order valence-electron chi connectivity index (χ4n) is 4.14. The molecule has 1 N–H and O–H groups in total. The van der Waals surface area contributed by atoms with Gasteiger partial charge in [-0.15, -0.1) is 0 Å². The van der Waals surface area contributed by atoms with Crippen LogP contribution in [0, 0.1) is 5.82 Å². The molecule has 0 atom stereocenters. The average molecular weight is 509 g/mol. The highest BCUT2D eigenvalue weighted by molar-refractivity contribution is 6.38. The molecule has 0 bridgehead atoms. The van der Waals surface area contributed by atoms with Crippen molar-refractivity contribution in [2.75, 3.05) is 67.3 Å². The summed E-state index contributed by atoms with van der Waals surface area (Å²) in [5.41, 5.74) is 2.14. The molecule has 0 radical (unpaired) electrons. The zero-order chi connectivity index (χ0) is 25.4. The summed E-state index contributed by atoms with van der Waals surface area (Å²) in [6, 6.07) is 12.3. The number of rotatable bonds is 7. The second-order valence-corrected chi connectivity index (χ2v) is 9.28. The number of likely N-dealkylation sites (N-methyl/N-ethyl adjacent to an activating group) is 2. The summed E-state index contributed by atoms with van der Waals surface area (Å²) in [5, 5.41) is 3.33. The Hall–Kier alpha value is -3.76. The van der Waals surface area contributed by atoms with E-state index in [1.807, 2.05) is 24.3 Å². The maximum absolute atomic E-state index is 14.7. The van der Waals surface area contributed by atoms with E-state index in [-0.39, 0.29) is 16.3 Å². The smallest absolute Gasteiger partial charge is 0.270 e. The predicted octanol–water partition coefficient (Wildman–Crippen LogP) is 3.85. The SMILES string of the molecule is CN(C)CCN(C)c1ccc(Nc2ncc3c(n2)N2CCN=C2N(c2c(F)cccc2Cl)C3=O)cc1. The van der Waals surface area contributed by atoms with E-state index in [2.05, 4.69) is 51.2 Å². The molecule has 9 nitrogen and oxygen atoms in total. The fourth-order valence-corrected chi connectivity index (χ4v) is 4.39. The van der Waals surface area contributed by atoms with Gasteiger partial charge < -0.3 is 15.1 Å². The predicted molar refractivity (Wildman–Crippen MR) is 141 cm³/mol. The number of nitrogens with one attached hydrogen (secondary N) is 1. The standard InChI is InChI=1S/C25H26ClFN8O/c1-32(2)13-14-33(3)17-9-7-16(8-10-17)30-24-29-15-18-22(31-24)34-12-11-28-25(34)35(23(18)36)21-19(26)5-4-6-20(21)27/h4-10,15H,11-14H2,1-3H3,(H,29,30,31). The van der Waals surface area contributed by atoms with E-state index in [1.165, 1.54) is 29.3 Å². The number of benzene rings is 2. The van der Waals surface area contributed by atoms with E-state index in [9.17, 15) is 9.18 Å². The normalized spacial score (nSPS) is 14.6. The van der Waals surface area contributed by atoms with E-state index in [4.69, 9.17) is 11.6 Å². The van der Waals surface area contributed by atoms with Crippen LogP contribution in [-0.4, -0.2) is 74.1 Å².